The van der Waals surface area contributed by atoms with Crippen LogP contribution in [-0.2, 0) is 20.8 Å². The summed E-state index contributed by atoms with van der Waals surface area (Å²) in [5, 5.41) is 9.16. The molecule has 0 bridgehead atoms. The minimum Gasteiger partial charge on any atom is -0.480 e. The summed E-state index contributed by atoms with van der Waals surface area (Å²) in [4.78, 5) is 34.9. The van der Waals surface area contributed by atoms with E-state index in [0.29, 0.717) is 0 Å². The number of carbonyl (C=O) groups excluding carboxylic acids is 2. The molecule has 2 amide bonds. The van der Waals surface area contributed by atoms with Crippen LogP contribution in [0.4, 0.5) is 0 Å². The molecule has 1 aliphatic rings. The molecule has 1 aromatic carbocycles. The van der Waals surface area contributed by atoms with Crippen molar-refractivity contribution in [2.24, 2.45) is 0 Å². The summed E-state index contributed by atoms with van der Waals surface area (Å²) in [6.45, 7) is 0. The van der Waals surface area contributed by atoms with Crippen LogP contribution in [0.15, 0.2) is 42.5 Å². The quantitative estimate of drug-likeness (QED) is 0.788. The van der Waals surface area contributed by atoms with Crippen LogP contribution in [0.2, 0.25) is 0 Å². The SMILES string of the molecule is O=C(O)[C@H](Cc1ccccc1)N1C(=O)C=CC1=O. The van der Waals surface area contributed by atoms with Crippen molar-refractivity contribution in [3.8, 4) is 0 Å². The highest BCUT2D eigenvalue weighted by Gasteiger charge is 2.35. The lowest BCUT2D eigenvalue weighted by Crippen LogP contribution is -2.46. The standard InChI is InChI=1S/C13H11NO4/c15-11-6-7-12(16)14(11)10(13(17)18)8-9-4-2-1-3-5-9/h1-7,10H,8H2,(H,17,18)/t10-/m0/s1. The molecule has 0 fully saturated rings. The number of carbonyl (C=O) groups is 3. The molecule has 0 radical (unpaired) electrons. The van der Waals surface area contributed by atoms with Crippen LogP contribution in [0.25, 0.3) is 0 Å². The second-order valence-electron chi connectivity index (χ2n) is 3.92. The van der Waals surface area contributed by atoms with Gasteiger partial charge in [-0.15, -0.1) is 0 Å². The summed E-state index contributed by atoms with van der Waals surface area (Å²) < 4.78 is 0. The van der Waals surface area contributed by atoms with Crippen LogP contribution in [0.3, 0.4) is 0 Å². The highest BCUT2D eigenvalue weighted by Crippen LogP contribution is 2.14. The number of amides is 2. The summed E-state index contributed by atoms with van der Waals surface area (Å²) in [6, 6.07) is 7.72. The summed E-state index contributed by atoms with van der Waals surface area (Å²) in [5.74, 6) is -2.35. The maximum atomic E-state index is 11.5. The molecule has 92 valence electrons. The molecule has 5 heteroatoms. The Bertz CT molecular complexity index is 503. The van der Waals surface area contributed by atoms with E-state index < -0.39 is 23.8 Å². The van der Waals surface area contributed by atoms with Crippen molar-refractivity contribution in [3.05, 3.63) is 48.0 Å². The van der Waals surface area contributed by atoms with Gasteiger partial charge in [0, 0.05) is 18.6 Å². The molecule has 0 aromatic heterocycles. The fraction of sp³-hybridized carbons (Fsp3) is 0.154. The molecule has 1 aromatic rings. The lowest BCUT2D eigenvalue weighted by molar-refractivity contribution is -0.153. The molecule has 5 nitrogen and oxygen atoms in total. The van der Waals surface area contributed by atoms with Gasteiger partial charge in [0.05, 0.1) is 0 Å². The Balaban J connectivity index is 2.22. The maximum absolute atomic E-state index is 11.5. The van der Waals surface area contributed by atoms with Crippen molar-refractivity contribution in [2.75, 3.05) is 0 Å². The summed E-state index contributed by atoms with van der Waals surface area (Å²) in [7, 11) is 0. The third kappa shape index (κ3) is 2.29. The van der Waals surface area contributed by atoms with Gasteiger partial charge in [-0.1, -0.05) is 30.3 Å². The number of nitrogens with zero attached hydrogens (tertiary/aromatic N) is 1. The minimum absolute atomic E-state index is 0.106. The first-order valence-electron chi connectivity index (χ1n) is 5.41. The van der Waals surface area contributed by atoms with Gasteiger partial charge in [0.1, 0.15) is 6.04 Å². The number of rotatable bonds is 4. The topological polar surface area (TPSA) is 74.7 Å². The van der Waals surface area contributed by atoms with Gasteiger partial charge in [-0.25, -0.2) is 4.79 Å². The molecular weight excluding hydrogens is 234 g/mol. The van der Waals surface area contributed by atoms with Crippen LogP contribution < -0.4 is 0 Å². The van der Waals surface area contributed by atoms with Crippen molar-refractivity contribution >= 4 is 17.8 Å². The molecule has 1 atom stereocenters. The van der Waals surface area contributed by atoms with E-state index in [0.717, 1.165) is 22.6 Å². The Morgan fingerprint density at radius 3 is 2.17 bits per heavy atom. The van der Waals surface area contributed by atoms with Crippen molar-refractivity contribution in [1.82, 2.24) is 4.90 Å². The maximum Gasteiger partial charge on any atom is 0.327 e. The molecule has 2 rings (SSSR count). The van der Waals surface area contributed by atoms with Gasteiger partial charge in [-0.2, -0.15) is 0 Å². The first kappa shape index (κ1) is 12.0. The normalized spacial score (nSPS) is 16.1. The van der Waals surface area contributed by atoms with Gasteiger partial charge in [0.2, 0.25) is 0 Å². The zero-order valence-corrected chi connectivity index (χ0v) is 9.45. The molecular formula is C13H11NO4. The summed E-state index contributed by atoms with van der Waals surface area (Å²) >= 11 is 0. The zero-order chi connectivity index (χ0) is 13.1. The average Bonchev–Trinajstić information content (AvgIpc) is 2.67. The lowest BCUT2D eigenvalue weighted by atomic mass is 10.0. The van der Waals surface area contributed by atoms with E-state index in [1.165, 1.54) is 0 Å². The minimum atomic E-state index is -1.19. The van der Waals surface area contributed by atoms with E-state index in [-0.39, 0.29) is 6.42 Å². The van der Waals surface area contributed by atoms with Gasteiger partial charge in [-0.3, -0.25) is 14.5 Å². The Morgan fingerprint density at radius 2 is 1.67 bits per heavy atom. The van der Waals surface area contributed by atoms with E-state index >= 15 is 0 Å². The lowest BCUT2D eigenvalue weighted by Gasteiger charge is -2.22. The number of carboxylic acid groups (broad SMARTS) is 1. The molecule has 0 spiro atoms. The van der Waals surface area contributed by atoms with E-state index in [9.17, 15) is 14.4 Å². The van der Waals surface area contributed by atoms with Crippen molar-refractivity contribution in [1.29, 1.82) is 0 Å². The van der Waals surface area contributed by atoms with E-state index in [1.807, 2.05) is 6.07 Å². The van der Waals surface area contributed by atoms with Gasteiger partial charge in [-0.05, 0) is 5.56 Å². The fourth-order valence-corrected chi connectivity index (χ4v) is 1.85. The molecule has 0 unspecified atom stereocenters. The highest BCUT2D eigenvalue weighted by molar-refractivity contribution is 6.14. The van der Waals surface area contributed by atoms with Gasteiger partial charge in [0.25, 0.3) is 11.8 Å². The van der Waals surface area contributed by atoms with Crippen LogP contribution in [0.1, 0.15) is 5.56 Å². The van der Waals surface area contributed by atoms with Gasteiger partial charge < -0.3 is 5.11 Å². The predicted octanol–water partition coefficient (Wildman–Crippen LogP) is 0.607. The molecule has 0 saturated carbocycles. The molecule has 1 heterocycles. The molecule has 0 saturated heterocycles. The number of hydrogen-bond donors (Lipinski definition) is 1. The number of carboxylic acids is 1. The predicted molar refractivity (Wildman–Crippen MR) is 62.6 cm³/mol. The van der Waals surface area contributed by atoms with Crippen LogP contribution >= 0.6 is 0 Å². The van der Waals surface area contributed by atoms with E-state index in [2.05, 4.69) is 0 Å². The first-order valence-corrected chi connectivity index (χ1v) is 5.41. The Morgan fingerprint density at radius 1 is 1.11 bits per heavy atom. The number of hydrogen-bond acceptors (Lipinski definition) is 3. The van der Waals surface area contributed by atoms with Crippen molar-refractivity contribution < 1.29 is 19.5 Å². The number of aliphatic carboxylic acids is 1. The van der Waals surface area contributed by atoms with Crippen molar-refractivity contribution in [2.45, 2.75) is 12.5 Å². The van der Waals surface area contributed by atoms with Gasteiger partial charge in [0.15, 0.2) is 0 Å². The largest absolute Gasteiger partial charge is 0.480 e. The molecule has 1 aliphatic heterocycles. The van der Waals surface area contributed by atoms with Gasteiger partial charge >= 0.3 is 5.97 Å². The monoisotopic (exact) mass is 245 g/mol. The summed E-state index contributed by atoms with van der Waals surface area (Å²) in [5.41, 5.74) is 0.761. The fourth-order valence-electron chi connectivity index (χ4n) is 1.85. The number of imide groups is 1. The third-order valence-corrected chi connectivity index (χ3v) is 2.71. The second-order valence-corrected chi connectivity index (χ2v) is 3.92. The number of benzene rings is 1. The van der Waals surface area contributed by atoms with Crippen molar-refractivity contribution in [3.63, 3.8) is 0 Å². The first-order chi connectivity index (χ1) is 8.59. The molecule has 1 N–H and O–H groups in total. The Hall–Kier alpha value is -2.43. The summed E-state index contributed by atoms with van der Waals surface area (Å²) in [6.07, 6.45) is 2.28. The third-order valence-electron chi connectivity index (χ3n) is 2.71. The smallest absolute Gasteiger partial charge is 0.327 e. The average molecular weight is 245 g/mol. The van der Waals surface area contributed by atoms with Crippen LogP contribution in [0, 0.1) is 0 Å². The molecule has 18 heavy (non-hydrogen) atoms. The van der Waals surface area contributed by atoms with E-state index in [1.54, 1.807) is 24.3 Å². The van der Waals surface area contributed by atoms with E-state index in [4.69, 9.17) is 5.11 Å². The van der Waals surface area contributed by atoms with Crippen LogP contribution in [-0.4, -0.2) is 33.8 Å². The zero-order valence-electron chi connectivity index (χ0n) is 9.45. The molecule has 0 aliphatic carbocycles. The second kappa shape index (κ2) is 4.83. The highest BCUT2D eigenvalue weighted by atomic mass is 16.4. The van der Waals surface area contributed by atoms with Crippen LogP contribution in [0.5, 0.6) is 0 Å². The Labute approximate surface area is 103 Å². The Kier molecular flexibility index (Phi) is 3.23.